The molecule has 0 unspecified atom stereocenters. The molecule has 0 aliphatic rings. The van der Waals surface area contributed by atoms with Crippen molar-refractivity contribution in [1.29, 1.82) is 5.26 Å². The third kappa shape index (κ3) is 3.14. The van der Waals surface area contributed by atoms with E-state index in [2.05, 4.69) is 21.4 Å². The first-order valence-electron chi connectivity index (χ1n) is 6.56. The number of anilines is 2. The molecule has 3 aromatic rings. The van der Waals surface area contributed by atoms with Crippen LogP contribution in [0.2, 0.25) is 5.02 Å². The lowest BCUT2D eigenvalue weighted by molar-refractivity contribution is 1.01. The normalized spacial score (nSPS) is 10.4. The smallest absolute Gasteiger partial charge is 0.191 e. The van der Waals surface area contributed by atoms with Gasteiger partial charge >= 0.3 is 0 Å². The molecule has 3 rings (SSSR count). The molecule has 0 atom stereocenters. The zero-order valence-corrected chi connectivity index (χ0v) is 13.0. The predicted octanol–water partition coefficient (Wildman–Crippen LogP) is 4.64. The molecular weight excluding hydrogens is 316 g/mol. The van der Waals surface area contributed by atoms with Gasteiger partial charge in [0.15, 0.2) is 5.16 Å². The molecule has 4 nitrogen and oxygen atoms in total. The van der Waals surface area contributed by atoms with Gasteiger partial charge in [-0.1, -0.05) is 47.6 Å². The van der Waals surface area contributed by atoms with Crippen molar-refractivity contribution < 1.29 is 0 Å². The van der Waals surface area contributed by atoms with Gasteiger partial charge in [0.1, 0.15) is 5.82 Å². The van der Waals surface area contributed by atoms with E-state index >= 15 is 0 Å². The molecule has 0 bridgehead atoms. The van der Waals surface area contributed by atoms with Crippen LogP contribution in [-0.2, 0) is 0 Å². The molecule has 0 saturated carbocycles. The minimum absolute atomic E-state index is 0.309. The largest absolute Gasteiger partial charge is 0.338 e. The van der Waals surface area contributed by atoms with Crippen molar-refractivity contribution in [3.05, 3.63) is 53.6 Å². The van der Waals surface area contributed by atoms with Crippen LogP contribution in [-0.4, -0.2) is 15.7 Å². The van der Waals surface area contributed by atoms with Crippen LogP contribution in [0, 0.1) is 11.3 Å². The second-order valence-electron chi connectivity index (χ2n) is 4.42. The van der Waals surface area contributed by atoms with Gasteiger partial charge in [0.2, 0.25) is 0 Å². The van der Waals surface area contributed by atoms with Gasteiger partial charge in [-0.2, -0.15) is 5.26 Å². The van der Waals surface area contributed by atoms with Gasteiger partial charge in [-0.25, -0.2) is 9.97 Å². The highest BCUT2D eigenvalue weighted by Crippen LogP contribution is 2.29. The fourth-order valence-electron chi connectivity index (χ4n) is 2.00. The Balaban J connectivity index is 2.06. The molecule has 0 fully saturated rings. The van der Waals surface area contributed by atoms with Crippen LogP contribution in [0.4, 0.5) is 11.5 Å². The number of nitrogens with one attached hydrogen (secondary N) is 1. The van der Waals surface area contributed by atoms with E-state index in [0.29, 0.717) is 21.7 Å². The number of aromatic nitrogens is 2. The summed E-state index contributed by atoms with van der Waals surface area (Å²) in [5, 5.41) is 14.1. The molecule has 6 heteroatoms. The quantitative estimate of drug-likeness (QED) is 0.559. The van der Waals surface area contributed by atoms with E-state index in [1.807, 2.05) is 48.5 Å². The summed E-state index contributed by atoms with van der Waals surface area (Å²) in [5.74, 6) is 0.989. The third-order valence-corrected chi connectivity index (χ3v) is 4.02. The van der Waals surface area contributed by atoms with Crippen molar-refractivity contribution in [2.24, 2.45) is 0 Å². The van der Waals surface area contributed by atoms with E-state index in [0.717, 1.165) is 16.6 Å². The van der Waals surface area contributed by atoms with Crippen molar-refractivity contribution in [3.8, 4) is 6.07 Å². The van der Waals surface area contributed by atoms with Crippen molar-refractivity contribution in [2.45, 2.75) is 5.16 Å². The second-order valence-corrected chi connectivity index (χ2v) is 5.77. The number of halogens is 1. The van der Waals surface area contributed by atoms with Gasteiger partial charge in [0.25, 0.3) is 0 Å². The Morgan fingerprint density at radius 1 is 1.09 bits per heavy atom. The van der Waals surface area contributed by atoms with Gasteiger partial charge < -0.3 is 5.32 Å². The molecule has 1 heterocycles. The Bertz CT molecular complexity index is 860. The van der Waals surface area contributed by atoms with E-state index < -0.39 is 0 Å². The van der Waals surface area contributed by atoms with Gasteiger partial charge in [0.05, 0.1) is 28.0 Å². The fourth-order valence-corrected chi connectivity index (χ4v) is 2.70. The molecule has 108 valence electrons. The highest BCUT2D eigenvalue weighted by molar-refractivity contribution is 7.99. The number of nitriles is 1. The highest BCUT2D eigenvalue weighted by Gasteiger charge is 2.09. The summed E-state index contributed by atoms with van der Waals surface area (Å²) in [7, 11) is 0. The molecule has 0 spiro atoms. The van der Waals surface area contributed by atoms with Crippen LogP contribution >= 0.6 is 23.4 Å². The van der Waals surface area contributed by atoms with Gasteiger partial charge in [0, 0.05) is 5.39 Å². The molecule has 0 aliphatic heterocycles. The number of rotatable bonds is 4. The van der Waals surface area contributed by atoms with Gasteiger partial charge in [-0.3, -0.25) is 0 Å². The van der Waals surface area contributed by atoms with Crippen LogP contribution in [0.3, 0.4) is 0 Å². The van der Waals surface area contributed by atoms with E-state index in [9.17, 15) is 0 Å². The molecule has 1 aromatic heterocycles. The average molecular weight is 327 g/mol. The van der Waals surface area contributed by atoms with E-state index in [1.54, 1.807) is 0 Å². The number of hydrogen-bond acceptors (Lipinski definition) is 5. The van der Waals surface area contributed by atoms with Crippen LogP contribution in [0.5, 0.6) is 0 Å². The maximum atomic E-state index is 8.72. The summed E-state index contributed by atoms with van der Waals surface area (Å²) in [6, 6.07) is 17.3. The summed E-state index contributed by atoms with van der Waals surface area (Å²) in [6.45, 7) is 0. The number of nitrogens with zero attached hydrogens (tertiary/aromatic N) is 3. The lowest BCUT2D eigenvalue weighted by atomic mass is 10.2. The van der Waals surface area contributed by atoms with E-state index in [4.69, 9.17) is 16.9 Å². The Morgan fingerprint density at radius 2 is 1.86 bits per heavy atom. The first-order chi connectivity index (χ1) is 10.8. The predicted molar refractivity (Wildman–Crippen MR) is 90.6 cm³/mol. The Hall–Kier alpha value is -2.29. The standard InChI is InChI=1S/C16H11ClN4S/c17-12-6-2-4-8-14(12)19-15-11-5-1-3-7-13(11)20-16(21-15)22-10-9-18/h1-8H,10H2,(H,19,20,21). The summed E-state index contributed by atoms with van der Waals surface area (Å²) in [4.78, 5) is 8.97. The summed E-state index contributed by atoms with van der Waals surface area (Å²) in [6.07, 6.45) is 0. The minimum atomic E-state index is 0.309. The lowest BCUT2D eigenvalue weighted by Crippen LogP contribution is -1.99. The number of benzene rings is 2. The molecule has 22 heavy (non-hydrogen) atoms. The minimum Gasteiger partial charge on any atom is -0.338 e. The maximum Gasteiger partial charge on any atom is 0.191 e. The van der Waals surface area contributed by atoms with Gasteiger partial charge in [-0.15, -0.1) is 0 Å². The number of para-hydroxylation sites is 2. The lowest BCUT2D eigenvalue weighted by Gasteiger charge is -2.11. The molecule has 2 aromatic carbocycles. The fraction of sp³-hybridized carbons (Fsp3) is 0.0625. The summed E-state index contributed by atoms with van der Waals surface area (Å²) in [5.41, 5.74) is 1.61. The Kier molecular flexibility index (Phi) is 4.42. The van der Waals surface area contributed by atoms with E-state index in [-0.39, 0.29) is 0 Å². The topological polar surface area (TPSA) is 61.6 Å². The number of hydrogen-bond donors (Lipinski definition) is 1. The van der Waals surface area contributed by atoms with Crippen LogP contribution in [0.1, 0.15) is 0 Å². The van der Waals surface area contributed by atoms with E-state index in [1.165, 1.54) is 11.8 Å². The van der Waals surface area contributed by atoms with Crippen molar-refractivity contribution in [1.82, 2.24) is 9.97 Å². The monoisotopic (exact) mass is 326 g/mol. The van der Waals surface area contributed by atoms with Crippen molar-refractivity contribution >= 4 is 45.8 Å². The second kappa shape index (κ2) is 6.65. The van der Waals surface area contributed by atoms with Crippen LogP contribution < -0.4 is 5.32 Å². The first kappa shape index (κ1) is 14.6. The number of fused-ring (bicyclic) bond motifs is 1. The Morgan fingerprint density at radius 3 is 2.68 bits per heavy atom. The summed E-state index contributed by atoms with van der Waals surface area (Å²) >= 11 is 7.50. The highest BCUT2D eigenvalue weighted by atomic mass is 35.5. The zero-order valence-electron chi connectivity index (χ0n) is 11.5. The molecule has 0 saturated heterocycles. The summed E-state index contributed by atoms with van der Waals surface area (Å²) < 4.78 is 0. The molecule has 0 radical (unpaired) electrons. The molecular formula is C16H11ClN4S. The van der Waals surface area contributed by atoms with Crippen molar-refractivity contribution in [2.75, 3.05) is 11.1 Å². The molecule has 0 aliphatic carbocycles. The molecule has 1 N–H and O–H groups in total. The SMILES string of the molecule is N#CCSc1nc(Nc2ccccc2Cl)c2ccccc2n1. The van der Waals surface area contributed by atoms with Gasteiger partial charge in [-0.05, 0) is 24.3 Å². The Labute approximate surface area is 137 Å². The zero-order chi connectivity index (χ0) is 15.4. The van der Waals surface area contributed by atoms with Crippen LogP contribution in [0.25, 0.3) is 10.9 Å². The number of thioether (sulfide) groups is 1. The van der Waals surface area contributed by atoms with Crippen LogP contribution in [0.15, 0.2) is 53.7 Å². The van der Waals surface area contributed by atoms with Crippen molar-refractivity contribution in [3.63, 3.8) is 0 Å². The molecule has 0 amide bonds. The average Bonchev–Trinajstić information content (AvgIpc) is 2.55. The maximum absolute atomic E-state index is 8.72. The third-order valence-electron chi connectivity index (χ3n) is 2.98. The first-order valence-corrected chi connectivity index (χ1v) is 7.92.